The van der Waals surface area contributed by atoms with Crippen LogP contribution in [0, 0.1) is 18.2 Å². The Morgan fingerprint density at radius 2 is 1.65 bits per heavy atom. The zero-order valence-electron chi connectivity index (χ0n) is 17.1. The van der Waals surface area contributed by atoms with Crippen molar-refractivity contribution in [3.63, 3.8) is 0 Å². The van der Waals surface area contributed by atoms with Crippen molar-refractivity contribution in [1.29, 1.82) is 0 Å². The minimum absolute atomic E-state index is 0.0865. The van der Waals surface area contributed by atoms with E-state index in [0.717, 1.165) is 33.2 Å². The Bertz CT molecular complexity index is 1390. The molecular formula is C27H20FNO2. The van der Waals surface area contributed by atoms with Crippen molar-refractivity contribution in [2.45, 2.75) is 12.8 Å². The molecule has 3 aromatic carbocycles. The molecule has 31 heavy (non-hydrogen) atoms. The zero-order valence-corrected chi connectivity index (χ0v) is 17.1. The number of carbonyl (C=O) groups is 1. The van der Waals surface area contributed by atoms with E-state index in [9.17, 15) is 14.0 Å². The molecule has 0 N–H and O–H groups in total. The normalized spacial score (nSPS) is 10.7. The third kappa shape index (κ3) is 4.04. The van der Waals surface area contributed by atoms with Crippen LogP contribution in [0.3, 0.4) is 0 Å². The van der Waals surface area contributed by atoms with Gasteiger partial charge in [-0.15, -0.1) is 6.42 Å². The van der Waals surface area contributed by atoms with Crippen LogP contribution in [0.5, 0.6) is 0 Å². The van der Waals surface area contributed by atoms with E-state index < -0.39 is 0 Å². The molecule has 152 valence electrons. The number of pyridine rings is 1. The molecule has 0 fully saturated rings. The predicted octanol–water partition coefficient (Wildman–Crippen LogP) is 4.68. The molecule has 4 heteroatoms. The number of ketones is 1. The molecule has 1 aromatic heterocycles. The fraction of sp³-hybridized carbons (Fsp3) is 0.111. The van der Waals surface area contributed by atoms with E-state index in [4.69, 9.17) is 6.42 Å². The number of rotatable bonds is 5. The average molecular weight is 409 g/mol. The lowest BCUT2D eigenvalue weighted by molar-refractivity contribution is -0.113. The van der Waals surface area contributed by atoms with Gasteiger partial charge in [0.15, 0.2) is 0 Å². The molecule has 0 aliphatic heterocycles. The van der Waals surface area contributed by atoms with Crippen LogP contribution in [0.15, 0.2) is 77.7 Å². The van der Waals surface area contributed by atoms with Gasteiger partial charge in [-0.3, -0.25) is 9.59 Å². The van der Waals surface area contributed by atoms with Crippen LogP contribution < -0.4 is 5.56 Å². The Labute approximate surface area is 179 Å². The summed E-state index contributed by atoms with van der Waals surface area (Å²) in [7, 11) is 1.72. The molecule has 0 unspecified atom stereocenters. The van der Waals surface area contributed by atoms with Gasteiger partial charge in [0, 0.05) is 30.6 Å². The Kier molecular flexibility index (Phi) is 5.51. The SMILES string of the molecule is C#CC(=O)Cc1cccc(Cc2ccc(F)cc2)c1-c1cn(C)c(=O)c2ccccc12. The standard InChI is InChI=1S/C27H20FNO2/c1-3-22(30)16-20-8-6-7-19(15-18-11-13-21(28)14-12-18)26(20)25-17-29(2)27(31)24-10-5-4-9-23(24)25/h1,4-14,17H,15-16H2,2H3. The van der Waals surface area contributed by atoms with Crippen molar-refractivity contribution in [2.75, 3.05) is 0 Å². The van der Waals surface area contributed by atoms with Gasteiger partial charge in [0.25, 0.3) is 5.56 Å². The first-order chi connectivity index (χ1) is 15.0. The van der Waals surface area contributed by atoms with Gasteiger partial charge < -0.3 is 4.57 Å². The number of carbonyl (C=O) groups excluding carboxylic acids is 1. The fourth-order valence-electron chi connectivity index (χ4n) is 3.96. The fourth-order valence-corrected chi connectivity index (χ4v) is 3.96. The van der Waals surface area contributed by atoms with Crippen LogP contribution in [0.1, 0.15) is 16.7 Å². The molecule has 0 radical (unpaired) electrons. The van der Waals surface area contributed by atoms with Crippen molar-refractivity contribution in [2.24, 2.45) is 7.05 Å². The molecule has 0 saturated carbocycles. The topological polar surface area (TPSA) is 39.1 Å². The van der Waals surface area contributed by atoms with Crippen molar-refractivity contribution in [3.05, 3.63) is 106 Å². The average Bonchev–Trinajstić information content (AvgIpc) is 2.78. The van der Waals surface area contributed by atoms with E-state index >= 15 is 0 Å². The van der Waals surface area contributed by atoms with Gasteiger partial charge in [0.2, 0.25) is 5.78 Å². The number of hydrogen-bond donors (Lipinski definition) is 0. The van der Waals surface area contributed by atoms with E-state index in [2.05, 4.69) is 5.92 Å². The number of aryl methyl sites for hydroxylation is 1. The van der Waals surface area contributed by atoms with Gasteiger partial charge in [-0.2, -0.15) is 0 Å². The number of nitrogens with zero attached hydrogens (tertiary/aromatic N) is 1. The number of fused-ring (bicyclic) bond motifs is 1. The summed E-state index contributed by atoms with van der Waals surface area (Å²) in [5.74, 6) is 1.59. The Morgan fingerprint density at radius 3 is 2.35 bits per heavy atom. The van der Waals surface area contributed by atoms with Crippen molar-refractivity contribution in [1.82, 2.24) is 4.57 Å². The first-order valence-corrected chi connectivity index (χ1v) is 9.91. The second kappa shape index (κ2) is 8.41. The molecule has 3 nitrogen and oxygen atoms in total. The smallest absolute Gasteiger partial charge is 0.258 e. The molecular weight excluding hydrogens is 389 g/mol. The van der Waals surface area contributed by atoms with Crippen LogP contribution in [0.2, 0.25) is 0 Å². The Hall–Kier alpha value is -3.97. The summed E-state index contributed by atoms with van der Waals surface area (Å²) in [5, 5.41) is 1.42. The van der Waals surface area contributed by atoms with Crippen LogP contribution in [-0.2, 0) is 24.7 Å². The predicted molar refractivity (Wildman–Crippen MR) is 121 cm³/mol. The van der Waals surface area contributed by atoms with Crippen molar-refractivity contribution < 1.29 is 9.18 Å². The third-order valence-corrected chi connectivity index (χ3v) is 5.42. The highest BCUT2D eigenvalue weighted by Gasteiger charge is 2.17. The maximum absolute atomic E-state index is 13.4. The van der Waals surface area contributed by atoms with Crippen LogP contribution in [0.25, 0.3) is 21.9 Å². The third-order valence-electron chi connectivity index (χ3n) is 5.42. The quantitative estimate of drug-likeness (QED) is 0.355. The molecule has 0 atom stereocenters. The highest BCUT2D eigenvalue weighted by atomic mass is 19.1. The Balaban J connectivity index is 1.99. The molecule has 0 aliphatic rings. The maximum Gasteiger partial charge on any atom is 0.258 e. The van der Waals surface area contributed by atoms with E-state index in [-0.39, 0.29) is 23.6 Å². The second-order valence-corrected chi connectivity index (χ2v) is 7.50. The molecule has 4 aromatic rings. The summed E-state index contributed by atoms with van der Waals surface area (Å²) < 4.78 is 14.9. The van der Waals surface area contributed by atoms with Crippen LogP contribution >= 0.6 is 0 Å². The largest absolute Gasteiger partial charge is 0.317 e. The molecule has 0 aliphatic carbocycles. The van der Waals surface area contributed by atoms with Gasteiger partial charge in [0.05, 0.1) is 0 Å². The molecule has 0 spiro atoms. The van der Waals surface area contributed by atoms with Gasteiger partial charge in [-0.1, -0.05) is 48.5 Å². The zero-order chi connectivity index (χ0) is 22.0. The number of aromatic nitrogens is 1. The van der Waals surface area contributed by atoms with Gasteiger partial charge >= 0.3 is 0 Å². The lowest BCUT2D eigenvalue weighted by atomic mass is 9.87. The number of terminal acetylenes is 1. The van der Waals surface area contributed by atoms with Crippen LogP contribution in [-0.4, -0.2) is 10.4 Å². The summed E-state index contributed by atoms with van der Waals surface area (Å²) in [5.41, 5.74) is 4.36. The molecule has 0 saturated heterocycles. The number of halogens is 1. The van der Waals surface area contributed by atoms with Crippen LogP contribution in [0.4, 0.5) is 4.39 Å². The summed E-state index contributed by atoms with van der Waals surface area (Å²) >= 11 is 0. The van der Waals surface area contributed by atoms with E-state index in [1.165, 1.54) is 12.1 Å². The summed E-state index contributed by atoms with van der Waals surface area (Å²) in [6, 6.07) is 19.6. The van der Waals surface area contributed by atoms with Gasteiger partial charge in [-0.05, 0) is 58.2 Å². The molecule has 0 amide bonds. The molecule has 0 bridgehead atoms. The molecule has 4 rings (SSSR count). The number of hydrogen-bond acceptors (Lipinski definition) is 2. The second-order valence-electron chi connectivity index (χ2n) is 7.50. The minimum Gasteiger partial charge on any atom is -0.317 e. The monoisotopic (exact) mass is 409 g/mol. The number of benzene rings is 3. The van der Waals surface area contributed by atoms with Crippen molar-refractivity contribution in [3.8, 4) is 23.5 Å². The lowest BCUT2D eigenvalue weighted by Gasteiger charge is -2.18. The lowest BCUT2D eigenvalue weighted by Crippen LogP contribution is -2.17. The highest BCUT2D eigenvalue weighted by molar-refractivity contribution is 6.01. The first-order valence-electron chi connectivity index (χ1n) is 9.91. The highest BCUT2D eigenvalue weighted by Crippen LogP contribution is 2.34. The molecule has 1 heterocycles. The van der Waals surface area contributed by atoms with E-state index in [1.807, 2.05) is 36.4 Å². The van der Waals surface area contributed by atoms with E-state index in [0.29, 0.717) is 11.8 Å². The van der Waals surface area contributed by atoms with Gasteiger partial charge in [-0.25, -0.2) is 4.39 Å². The van der Waals surface area contributed by atoms with Gasteiger partial charge in [0.1, 0.15) is 5.82 Å². The Morgan fingerprint density at radius 1 is 0.968 bits per heavy atom. The summed E-state index contributed by atoms with van der Waals surface area (Å²) in [4.78, 5) is 24.8. The summed E-state index contributed by atoms with van der Waals surface area (Å²) in [6.45, 7) is 0. The number of Topliss-reactive ketones (excluding diaryl/α,β-unsaturated/α-hetero) is 1. The van der Waals surface area contributed by atoms with Crippen molar-refractivity contribution >= 4 is 16.6 Å². The first kappa shape index (κ1) is 20.3. The maximum atomic E-state index is 13.4. The van der Waals surface area contributed by atoms with E-state index in [1.54, 1.807) is 36.0 Å². The minimum atomic E-state index is -0.311. The summed E-state index contributed by atoms with van der Waals surface area (Å²) in [6.07, 6.45) is 7.79.